The Morgan fingerprint density at radius 3 is 2.71 bits per heavy atom. The average Bonchev–Trinajstić information content (AvgIpc) is 2.44. The van der Waals surface area contributed by atoms with Gasteiger partial charge in [0.2, 0.25) is 0 Å². The van der Waals surface area contributed by atoms with Crippen LogP contribution in [0.4, 0.5) is 4.39 Å². The zero-order valence-corrected chi connectivity index (χ0v) is 9.29. The van der Waals surface area contributed by atoms with Gasteiger partial charge in [0.25, 0.3) is 0 Å². The molecule has 1 unspecified atom stereocenters. The number of carbonyl (C=O) groups excluding carboxylic acids is 1. The summed E-state index contributed by atoms with van der Waals surface area (Å²) in [7, 11) is 1.83. The molecule has 0 aliphatic carbocycles. The van der Waals surface area contributed by atoms with Crippen LogP contribution in [0.3, 0.4) is 0 Å². The van der Waals surface area contributed by atoms with Crippen LogP contribution in [-0.4, -0.2) is 36.5 Å². The second kappa shape index (κ2) is 4.87. The highest BCUT2D eigenvalue weighted by molar-refractivity contribution is 5.86. The molecule has 0 aromatic heterocycles. The zero-order valence-electron chi connectivity index (χ0n) is 9.29. The molecule has 1 rings (SSSR count). The molecular formula is C11H20FNO. The lowest BCUT2D eigenvalue weighted by molar-refractivity contribution is -0.126. The van der Waals surface area contributed by atoms with Gasteiger partial charge in [-0.25, -0.2) is 4.39 Å². The standard InChI is InChI=1S/C11H20FNO/c1-4-5-8(2)11(14)10-6-9(12)7-13(10)3/h8-10H,4-7H2,1-3H3/t8?,9-,10+/m1/s1. The third-order valence-corrected chi connectivity index (χ3v) is 3.03. The summed E-state index contributed by atoms with van der Waals surface area (Å²) in [4.78, 5) is 13.7. The number of halogens is 1. The van der Waals surface area contributed by atoms with Gasteiger partial charge in [0.15, 0.2) is 5.78 Å². The van der Waals surface area contributed by atoms with Crippen molar-refractivity contribution in [2.45, 2.75) is 45.3 Å². The molecule has 0 N–H and O–H groups in total. The van der Waals surface area contributed by atoms with E-state index in [1.165, 1.54) is 0 Å². The molecule has 1 saturated heterocycles. The third kappa shape index (κ3) is 2.53. The fraction of sp³-hybridized carbons (Fsp3) is 0.909. The lowest BCUT2D eigenvalue weighted by atomic mass is 9.94. The van der Waals surface area contributed by atoms with Crippen LogP contribution >= 0.6 is 0 Å². The summed E-state index contributed by atoms with van der Waals surface area (Å²) in [5.41, 5.74) is 0. The lowest BCUT2D eigenvalue weighted by Gasteiger charge is -2.20. The molecule has 2 nitrogen and oxygen atoms in total. The van der Waals surface area contributed by atoms with E-state index >= 15 is 0 Å². The number of ketones is 1. The van der Waals surface area contributed by atoms with Gasteiger partial charge in [0, 0.05) is 18.9 Å². The molecule has 0 aromatic carbocycles. The van der Waals surface area contributed by atoms with Crippen molar-refractivity contribution in [3.05, 3.63) is 0 Å². The van der Waals surface area contributed by atoms with Crippen LogP contribution in [0.15, 0.2) is 0 Å². The van der Waals surface area contributed by atoms with Gasteiger partial charge in [-0.2, -0.15) is 0 Å². The second-order valence-corrected chi connectivity index (χ2v) is 4.38. The summed E-state index contributed by atoms with van der Waals surface area (Å²) in [6.45, 7) is 4.43. The molecule has 82 valence electrons. The Balaban J connectivity index is 2.52. The lowest BCUT2D eigenvalue weighted by Crippen LogP contribution is -2.36. The Kier molecular flexibility index (Phi) is 4.05. The number of alkyl halides is 1. The first-order valence-electron chi connectivity index (χ1n) is 5.44. The van der Waals surface area contributed by atoms with Crippen LogP contribution in [0, 0.1) is 5.92 Å². The van der Waals surface area contributed by atoms with Crippen LogP contribution in [0.5, 0.6) is 0 Å². The van der Waals surface area contributed by atoms with Crippen molar-refractivity contribution in [2.75, 3.05) is 13.6 Å². The molecule has 0 radical (unpaired) electrons. The number of rotatable bonds is 4. The molecule has 0 spiro atoms. The Morgan fingerprint density at radius 1 is 1.64 bits per heavy atom. The highest BCUT2D eigenvalue weighted by Gasteiger charge is 2.35. The van der Waals surface area contributed by atoms with E-state index in [1.807, 2.05) is 18.9 Å². The van der Waals surface area contributed by atoms with E-state index in [0.29, 0.717) is 13.0 Å². The van der Waals surface area contributed by atoms with Crippen molar-refractivity contribution in [1.29, 1.82) is 0 Å². The summed E-state index contributed by atoms with van der Waals surface area (Å²) in [6.07, 6.45) is 1.51. The van der Waals surface area contributed by atoms with E-state index in [9.17, 15) is 9.18 Å². The van der Waals surface area contributed by atoms with Gasteiger partial charge in [-0.3, -0.25) is 9.69 Å². The SMILES string of the molecule is CCCC(C)C(=O)[C@@H]1C[C@@H](F)CN1C. The van der Waals surface area contributed by atoms with Gasteiger partial charge >= 0.3 is 0 Å². The molecule has 0 aromatic rings. The van der Waals surface area contributed by atoms with E-state index in [1.54, 1.807) is 0 Å². The molecule has 1 aliphatic rings. The number of likely N-dealkylation sites (tertiary alicyclic amines) is 1. The minimum absolute atomic E-state index is 0.0812. The zero-order chi connectivity index (χ0) is 10.7. The molecule has 1 fully saturated rings. The smallest absolute Gasteiger partial charge is 0.152 e. The molecule has 0 amide bonds. The fourth-order valence-electron chi connectivity index (χ4n) is 2.17. The van der Waals surface area contributed by atoms with Crippen molar-refractivity contribution >= 4 is 5.78 Å². The maximum atomic E-state index is 13.0. The molecule has 0 bridgehead atoms. The first-order chi connectivity index (χ1) is 6.56. The topological polar surface area (TPSA) is 20.3 Å². The summed E-state index contributed by atoms with van der Waals surface area (Å²) in [5, 5.41) is 0. The van der Waals surface area contributed by atoms with Gasteiger partial charge in [-0.05, 0) is 13.5 Å². The molecule has 3 atom stereocenters. The Labute approximate surface area is 85.5 Å². The first-order valence-corrected chi connectivity index (χ1v) is 5.44. The summed E-state index contributed by atoms with van der Waals surface area (Å²) >= 11 is 0. The summed E-state index contributed by atoms with van der Waals surface area (Å²) in [6, 6.07) is -0.174. The van der Waals surface area contributed by atoms with Gasteiger partial charge < -0.3 is 0 Å². The third-order valence-electron chi connectivity index (χ3n) is 3.03. The molecule has 14 heavy (non-hydrogen) atoms. The highest BCUT2D eigenvalue weighted by Crippen LogP contribution is 2.23. The monoisotopic (exact) mass is 201 g/mol. The Hall–Kier alpha value is -0.440. The first kappa shape index (κ1) is 11.6. The van der Waals surface area contributed by atoms with Crippen LogP contribution in [0.1, 0.15) is 33.1 Å². The van der Waals surface area contributed by atoms with Crippen molar-refractivity contribution in [3.63, 3.8) is 0 Å². The molecular weight excluding hydrogens is 181 g/mol. The van der Waals surface area contributed by atoms with Gasteiger partial charge in [-0.15, -0.1) is 0 Å². The molecule has 1 heterocycles. The molecule has 1 aliphatic heterocycles. The van der Waals surface area contributed by atoms with E-state index in [4.69, 9.17) is 0 Å². The minimum Gasteiger partial charge on any atom is -0.298 e. The number of Topliss-reactive ketones (excluding diaryl/α,β-unsaturated/α-hetero) is 1. The van der Waals surface area contributed by atoms with Crippen LogP contribution < -0.4 is 0 Å². The number of hydrogen-bond donors (Lipinski definition) is 0. The second-order valence-electron chi connectivity index (χ2n) is 4.38. The van der Waals surface area contributed by atoms with Crippen LogP contribution in [0.2, 0.25) is 0 Å². The Morgan fingerprint density at radius 2 is 2.29 bits per heavy atom. The number of carbonyl (C=O) groups is 1. The van der Waals surface area contributed by atoms with Crippen molar-refractivity contribution < 1.29 is 9.18 Å². The van der Waals surface area contributed by atoms with Crippen molar-refractivity contribution in [1.82, 2.24) is 4.90 Å². The summed E-state index contributed by atoms with van der Waals surface area (Å²) in [5.74, 6) is 0.298. The quantitative estimate of drug-likeness (QED) is 0.693. The predicted molar refractivity (Wildman–Crippen MR) is 55.0 cm³/mol. The van der Waals surface area contributed by atoms with Gasteiger partial charge in [-0.1, -0.05) is 20.3 Å². The van der Waals surface area contributed by atoms with E-state index < -0.39 is 6.17 Å². The fourth-order valence-corrected chi connectivity index (χ4v) is 2.17. The molecule has 0 saturated carbocycles. The van der Waals surface area contributed by atoms with Crippen LogP contribution in [-0.2, 0) is 4.79 Å². The molecule has 3 heteroatoms. The maximum Gasteiger partial charge on any atom is 0.152 e. The predicted octanol–water partition coefficient (Wildman–Crippen LogP) is 2.03. The average molecular weight is 201 g/mol. The van der Waals surface area contributed by atoms with Crippen molar-refractivity contribution in [3.8, 4) is 0 Å². The minimum atomic E-state index is -0.817. The van der Waals surface area contributed by atoms with E-state index in [-0.39, 0.29) is 17.7 Å². The number of likely N-dealkylation sites (N-methyl/N-ethyl adjacent to an activating group) is 1. The van der Waals surface area contributed by atoms with Crippen molar-refractivity contribution in [2.24, 2.45) is 5.92 Å². The highest BCUT2D eigenvalue weighted by atomic mass is 19.1. The van der Waals surface area contributed by atoms with E-state index in [2.05, 4.69) is 6.92 Å². The van der Waals surface area contributed by atoms with E-state index in [0.717, 1.165) is 12.8 Å². The van der Waals surface area contributed by atoms with Gasteiger partial charge in [0.1, 0.15) is 6.17 Å². The number of hydrogen-bond acceptors (Lipinski definition) is 2. The van der Waals surface area contributed by atoms with Gasteiger partial charge in [0.05, 0.1) is 6.04 Å². The van der Waals surface area contributed by atoms with Crippen LogP contribution in [0.25, 0.3) is 0 Å². The maximum absolute atomic E-state index is 13.0. The Bertz CT molecular complexity index is 207. The number of nitrogens with zero attached hydrogens (tertiary/aromatic N) is 1. The largest absolute Gasteiger partial charge is 0.298 e. The summed E-state index contributed by atoms with van der Waals surface area (Å²) < 4.78 is 13.0. The normalized spacial score (nSPS) is 30.6.